The number of esters is 1. The molecule has 200 valence electrons. The molecule has 0 fully saturated rings. The minimum absolute atomic E-state index is 0.0856. The van der Waals surface area contributed by atoms with Gasteiger partial charge in [-0.25, -0.2) is 4.79 Å². The standard InChI is InChI=1S/C33H25ClO6/c1-2-24-5-3-4-6-29(24)40-31-21-38-30-19-27(16-17-28(30)33(31)36)39-32(35)18-11-22-9-14-26(15-10-22)37-20-23-7-12-25(34)13-8-23/h3-19,21H,2,20H2,1H3/b18-11+. The Balaban J connectivity index is 1.20. The van der Waals surface area contributed by atoms with Crippen LogP contribution in [0.3, 0.4) is 0 Å². The van der Waals surface area contributed by atoms with E-state index in [9.17, 15) is 9.59 Å². The lowest BCUT2D eigenvalue weighted by atomic mass is 10.1. The van der Waals surface area contributed by atoms with Crippen LogP contribution in [0.1, 0.15) is 23.6 Å². The maximum atomic E-state index is 13.0. The first kappa shape index (κ1) is 26.8. The van der Waals surface area contributed by atoms with Gasteiger partial charge in [0, 0.05) is 17.2 Å². The van der Waals surface area contributed by atoms with E-state index in [0.717, 1.165) is 23.1 Å². The Morgan fingerprint density at radius 3 is 2.42 bits per heavy atom. The number of hydrogen-bond acceptors (Lipinski definition) is 6. The van der Waals surface area contributed by atoms with Crippen molar-refractivity contribution in [3.8, 4) is 23.0 Å². The predicted molar refractivity (Wildman–Crippen MR) is 155 cm³/mol. The molecule has 0 atom stereocenters. The molecule has 5 rings (SSSR count). The first-order valence-corrected chi connectivity index (χ1v) is 13.0. The first-order chi connectivity index (χ1) is 19.5. The molecular weight excluding hydrogens is 528 g/mol. The predicted octanol–water partition coefficient (Wildman–Crippen LogP) is 8.00. The fourth-order valence-electron chi connectivity index (χ4n) is 3.98. The van der Waals surface area contributed by atoms with Gasteiger partial charge in [-0.15, -0.1) is 0 Å². The summed E-state index contributed by atoms with van der Waals surface area (Å²) in [7, 11) is 0. The van der Waals surface area contributed by atoms with Crippen LogP contribution in [0.25, 0.3) is 17.0 Å². The molecule has 0 aliphatic rings. The Hall–Kier alpha value is -4.81. The Morgan fingerprint density at radius 2 is 1.65 bits per heavy atom. The topological polar surface area (TPSA) is 75.0 Å². The lowest BCUT2D eigenvalue weighted by molar-refractivity contribution is -0.128. The molecule has 0 saturated heterocycles. The van der Waals surface area contributed by atoms with Crippen LogP contribution in [0.2, 0.25) is 5.02 Å². The summed E-state index contributed by atoms with van der Waals surface area (Å²) < 4.78 is 22.7. The quantitative estimate of drug-likeness (QED) is 0.105. The van der Waals surface area contributed by atoms with Gasteiger partial charge in [0.25, 0.3) is 0 Å². The minimum atomic E-state index is -0.569. The monoisotopic (exact) mass is 552 g/mol. The zero-order valence-electron chi connectivity index (χ0n) is 21.6. The molecule has 0 aliphatic carbocycles. The summed E-state index contributed by atoms with van der Waals surface area (Å²) in [5.41, 5.74) is 2.76. The van der Waals surface area contributed by atoms with E-state index in [1.165, 1.54) is 18.4 Å². The van der Waals surface area contributed by atoms with Crippen LogP contribution in [0.4, 0.5) is 0 Å². The molecular formula is C33H25ClO6. The van der Waals surface area contributed by atoms with Crippen LogP contribution in [0.15, 0.2) is 113 Å². The van der Waals surface area contributed by atoms with E-state index in [2.05, 4.69) is 0 Å². The Bertz CT molecular complexity index is 1720. The van der Waals surface area contributed by atoms with Crippen molar-refractivity contribution in [3.05, 3.63) is 135 Å². The number of rotatable bonds is 9. The third-order valence-electron chi connectivity index (χ3n) is 6.12. The fourth-order valence-corrected chi connectivity index (χ4v) is 4.10. The van der Waals surface area contributed by atoms with Gasteiger partial charge >= 0.3 is 5.97 Å². The molecule has 0 amide bonds. The highest BCUT2D eigenvalue weighted by molar-refractivity contribution is 6.30. The maximum Gasteiger partial charge on any atom is 0.336 e. The summed E-state index contributed by atoms with van der Waals surface area (Å²) >= 11 is 5.91. The third kappa shape index (κ3) is 6.60. The van der Waals surface area contributed by atoms with Crippen molar-refractivity contribution in [2.24, 2.45) is 0 Å². The molecule has 7 heteroatoms. The maximum absolute atomic E-state index is 13.0. The summed E-state index contributed by atoms with van der Waals surface area (Å²) in [6.07, 6.45) is 5.00. The summed E-state index contributed by atoms with van der Waals surface area (Å²) in [5.74, 6) is 1.08. The molecule has 0 aliphatic heterocycles. The highest BCUT2D eigenvalue weighted by Gasteiger charge is 2.12. The Morgan fingerprint density at radius 1 is 0.900 bits per heavy atom. The van der Waals surface area contributed by atoms with Crippen molar-refractivity contribution < 1.29 is 23.4 Å². The molecule has 4 aromatic carbocycles. The van der Waals surface area contributed by atoms with Gasteiger partial charge in [-0.1, -0.05) is 61.0 Å². The van der Waals surface area contributed by atoms with Crippen molar-refractivity contribution in [2.75, 3.05) is 0 Å². The average Bonchev–Trinajstić information content (AvgIpc) is 2.98. The molecule has 1 aromatic heterocycles. The van der Waals surface area contributed by atoms with Crippen molar-refractivity contribution in [2.45, 2.75) is 20.0 Å². The molecule has 1 heterocycles. The van der Waals surface area contributed by atoms with Crippen molar-refractivity contribution in [3.63, 3.8) is 0 Å². The Labute approximate surface area is 236 Å². The minimum Gasteiger partial charge on any atom is -0.489 e. The van der Waals surface area contributed by atoms with E-state index in [1.54, 1.807) is 18.2 Å². The van der Waals surface area contributed by atoms with Gasteiger partial charge < -0.3 is 18.6 Å². The smallest absolute Gasteiger partial charge is 0.336 e. The second kappa shape index (κ2) is 12.4. The highest BCUT2D eigenvalue weighted by atomic mass is 35.5. The van der Waals surface area contributed by atoms with Crippen LogP contribution in [-0.4, -0.2) is 5.97 Å². The van der Waals surface area contributed by atoms with E-state index in [0.29, 0.717) is 28.5 Å². The zero-order chi connectivity index (χ0) is 27.9. The van der Waals surface area contributed by atoms with Crippen LogP contribution >= 0.6 is 11.6 Å². The molecule has 0 spiro atoms. The van der Waals surface area contributed by atoms with Gasteiger partial charge in [0.05, 0.1) is 5.39 Å². The fraction of sp³-hybridized carbons (Fsp3) is 0.0909. The summed E-state index contributed by atoms with van der Waals surface area (Å²) in [6, 6.07) is 26.9. The number of aryl methyl sites for hydroxylation is 1. The number of para-hydroxylation sites is 1. The molecule has 0 radical (unpaired) electrons. The highest BCUT2D eigenvalue weighted by Crippen LogP contribution is 2.27. The van der Waals surface area contributed by atoms with Gasteiger partial charge in [0.1, 0.15) is 35.7 Å². The van der Waals surface area contributed by atoms with Gasteiger partial charge in [-0.3, -0.25) is 4.79 Å². The first-order valence-electron chi connectivity index (χ1n) is 12.7. The second-order valence-electron chi connectivity index (χ2n) is 8.89. The van der Waals surface area contributed by atoms with Crippen LogP contribution in [-0.2, 0) is 17.8 Å². The van der Waals surface area contributed by atoms with Crippen LogP contribution in [0, 0.1) is 0 Å². The van der Waals surface area contributed by atoms with Crippen molar-refractivity contribution in [1.82, 2.24) is 0 Å². The molecule has 6 nitrogen and oxygen atoms in total. The summed E-state index contributed by atoms with van der Waals surface area (Å²) in [6.45, 7) is 2.44. The van der Waals surface area contributed by atoms with Gasteiger partial charge in [-0.2, -0.15) is 0 Å². The number of carbonyl (C=O) groups is 1. The second-order valence-corrected chi connectivity index (χ2v) is 9.33. The van der Waals surface area contributed by atoms with Crippen LogP contribution in [0.5, 0.6) is 23.0 Å². The van der Waals surface area contributed by atoms with E-state index in [1.807, 2.05) is 79.7 Å². The van der Waals surface area contributed by atoms with Gasteiger partial charge in [0.15, 0.2) is 0 Å². The average molecular weight is 553 g/mol. The largest absolute Gasteiger partial charge is 0.489 e. The molecule has 0 N–H and O–H groups in total. The SMILES string of the molecule is CCc1ccccc1Oc1coc2cc(OC(=O)/C=C/c3ccc(OCc4ccc(Cl)cc4)cc3)ccc2c1=O. The molecule has 0 saturated carbocycles. The van der Waals surface area contributed by atoms with E-state index in [-0.39, 0.29) is 22.5 Å². The lowest BCUT2D eigenvalue weighted by Crippen LogP contribution is -2.07. The number of hydrogen-bond donors (Lipinski definition) is 0. The number of halogens is 1. The molecule has 0 unspecified atom stereocenters. The normalized spacial score (nSPS) is 11.1. The van der Waals surface area contributed by atoms with Crippen molar-refractivity contribution in [1.29, 1.82) is 0 Å². The molecule has 0 bridgehead atoms. The zero-order valence-corrected chi connectivity index (χ0v) is 22.4. The van der Waals surface area contributed by atoms with E-state index >= 15 is 0 Å². The van der Waals surface area contributed by atoms with Crippen LogP contribution < -0.4 is 19.6 Å². The van der Waals surface area contributed by atoms with Gasteiger partial charge in [-0.05, 0) is 71.7 Å². The summed E-state index contributed by atoms with van der Waals surface area (Å²) in [5, 5.41) is 1.000. The van der Waals surface area contributed by atoms with Crippen molar-refractivity contribution >= 4 is 34.6 Å². The molecule has 5 aromatic rings. The third-order valence-corrected chi connectivity index (χ3v) is 6.37. The number of carbonyl (C=O) groups excluding carboxylic acids is 1. The number of fused-ring (bicyclic) bond motifs is 1. The number of ether oxygens (including phenoxy) is 3. The van der Waals surface area contributed by atoms with E-state index in [4.69, 9.17) is 30.2 Å². The Kier molecular flexibility index (Phi) is 8.28. The van der Waals surface area contributed by atoms with Gasteiger partial charge in [0.2, 0.25) is 11.2 Å². The molecule has 40 heavy (non-hydrogen) atoms. The number of benzene rings is 4. The summed E-state index contributed by atoms with van der Waals surface area (Å²) in [4.78, 5) is 25.4. The van der Waals surface area contributed by atoms with E-state index < -0.39 is 5.97 Å². The lowest BCUT2D eigenvalue weighted by Gasteiger charge is -2.09.